The third kappa shape index (κ3) is 3.04. The van der Waals surface area contributed by atoms with Crippen molar-refractivity contribution < 1.29 is 4.79 Å². The van der Waals surface area contributed by atoms with Crippen LogP contribution in [0.5, 0.6) is 0 Å². The molecule has 0 fully saturated rings. The molecule has 8 heteroatoms. The molecule has 0 aliphatic rings. The van der Waals surface area contributed by atoms with E-state index in [-0.39, 0.29) is 5.56 Å². The highest BCUT2D eigenvalue weighted by Gasteiger charge is 2.13. The lowest BCUT2D eigenvalue weighted by Crippen LogP contribution is -2.20. The van der Waals surface area contributed by atoms with E-state index in [1.807, 2.05) is 13.0 Å². The zero-order valence-corrected chi connectivity index (χ0v) is 14.8. The molecule has 0 saturated carbocycles. The Labute approximate surface area is 150 Å². The zero-order valence-electron chi connectivity index (χ0n) is 14.8. The number of nitrogens with one attached hydrogen (secondary N) is 1. The Morgan fingerprint density at radius 1 is 1.23 bits per heavy atom. The molecule has 2 heterocycles. The van der Waals surface area contributed by atoms with Crippen molar-refractivity contribution >= 4 is 23.2 Å². The minimum absolute atomic E-state index is 0.207. The number of nitrogens with zero attached hydrogens (tertiary/aromatic N) is 3. The molecule has 0 spiro atoms. The molecular weight excluding hydrogens is 332 g/mol. The van der Waals surface area contributed by atoms with Gasteiger partial charge in [-0.15, -0.1) is 0 Å². The second-order valence-corrected chi connectivity index (χ2v) is 6.10. The standard InChI is InChI=1S/C18H20N6O2/c1-10-12(5-4-6-13(10)17(20)25)11-7-14(18(26)23(2)9-11)21-16-8-15(19)24(3)22-16/h4-9H,19H2,1-3H3,(H2,20,25)(H,21,22). The van der Waals surface area contributed by atoms with E-state index in [1.54, 1.807) is 44.6 Å². The number of aromatic nitrogens is 3. The van der Waals surface area contributed by atoms with Gasteiger partial charge < -0.3 is 21.4 Å². The van der Waals surface area contributed by atoms with Crippen molar-refractivity contribution in [2.75, 3.05) is 11.1 Å². The van der Waals surface area contributed by atoms with Gasteiger partial charge in [-0.3, -0.25) is 14.3 Å². The number of primary amides is 1. The van der Waals surface area contributed by atoms with Crippen LogP contribution in [0.4, 0.5) is 17.3 Å². The second-order valence-electron chi connectivity index (χ2n) is 6.10. The van der Waals surface area contributed by atoms with Crippen LogP contribution in [0.3, 0.4) is 0 Å². The third-order valence-electron chi connectivity index (χ3n) is 4.27. The highest BCUT2D eigenvalue weighted by molar-refractivity contribution is 5.96. The van der Waals surface area contributed by atoms with Crippen LogP contribution < -0.4 is 22.3 Å². The van der Waals surface area contributed by atoms with Crippen molar-refractivity contribution in [3.8, 4) is 11.1 Å². The van der Waals surface area contributed by atoms with E-state index >= 15 is 0 Å². The molecule has 0 saturated heterocycles. The molecule has 0 unspecified atom stereocenters. The fourth-order valence-corrected chi connectivity index (χ4v) is 2.84. The number of carbonyl (C=O) groups excluding carboxylic acids is 1. The fraction of sp³-hybridized carbons (Fsp3) is 0.167. The van der Waals surface area contributed by atoms with Gasteiger partial charge in [0.2, 0.25) is 5.91 Å². The van der Waals surface area contributed by atoms with Crippen LogP contribution in [0.2, 0.25) is 0 Å². The zero-order chi connectivity index (χ0) is 19.0. The molecule has 0 aliphatic carbocycles. The van der Waals surface area contributed by atoms with Crippen LogP contribution in [-0.2, 0) is 14.1 Å². The van der Waals surface area contributed by atoms with Crippen molar-refractivity contribution in [3.05, 3.63) is 58.0 Å². The predicted molar refractivity (Wildman–Crippen MR) is 101 cm³/mol. The van der Waals surface area contributed by atoms with Crippen molar-refractivity contribution in [1.82, 2.24) is 14.3 Å². The number of nitrogens with two attached hydrogens (primary N) is 2. The maximum absolute atomic E-state index is 12.5. The summed E-state index contributed by atoms with van der Waals surface area (Å²) in [6.07, 6.45) is 1.72. The van der Waals surface area contributed by atoms with Gasteiger partial charge in [-0.05, 0) is 30.2 Å². The van der Waals surface area contributed by atoms with E-state index in [9.17, 15) is 9.59 Å². The first-order chi connectivity index (χ1) is 12.3. The minimum atomic E-state index is -0.489. The Balaban J connectivity index is 2.10. The van der Waals surface area contributed by atoms with Gasteiger partial charge in [-0.1, -0.05) is 12.1 Å². The normalized spacial score (nSPS) is 10.7. The molecule has 3 aromatic rings. The molecule has 134 valence electrons. The highest BCUT2D eigenvalue weighted by Crippen LogP contribution is 2.27. The van der Waals surface area contributed by atoms with Crippen LogP contribution in [0, 0.1) is 6.92 Å². The van der Waals surface area contributed by atoms with Crippen molar-refractivity contribution in [3.63, 3.8) is 0 Å². The summed E-state index contributed by atoms with van der Waals surface area (Å²) in [6.45, 7) is 1.83. The number of hydrogen-bond acceptors (Lipinski definition) is 5. The van der Waals surface area contributed by atoms with Gasteiger partial charge in [0, 0.05) is 37.5 Å². The number of pyridine rings is 1. The molecule has 3 rings (SSSR count). The van der Waals surface area contributed by atoms with Crippen LogP contribution in [-0.4, -0.2) is 20.3 Å². The maximum Gasteiger partial charge on any atom is 0.274 e. The summed E-state index contributed by atoms with van der Waals surface area (Å²) in [4.78, 5) is 24.1. The summed E-state index contributed by atoms with van der Waals surface area (Å²) in [5, 5.41) is 7.21. The van der Waals surface area contributed by atoms with Crippen molar-refractivity contribution in [2.24, 2.45) is 19.8 Å². The summed E-state index contributed by atoms with van der Waals surface area (Å²) in [7, 11) is 3.38. The molecule has 0 atom stereocenters. The Morgan fingerprint density at radius 3 is 2.58 bits per heavy atom. The number of benzene rings is 1. The molecule has 1 amide bonds. The van der Waals surface area contributed by atoms with E-state index in [0.29, 0.717) is 22.9 Å². The van der Waals surface area contributed by atoms with Gasteiger partial charge in [0.25, 0.3) is 5.56 Å². The molecule has 26 heavy (non-hydrogen) atoms. The summed E-state index contributed by atoms with van der Waals surface area (Å²) < 4.78 is 2.98. The maximum atomic E-state index is 12.5. The van der Waals surface area contributed by atoms with E-state index in [0.717, 1.165) is 16.7 Å². The van der Waals surface area contributed by atoms with Gasteiger partial charge in [-0.25, -0.2) is 0 Å². The van der Waals surface area contributed by atoms with Gasteiger partial charge in [-0.2, -0.15) is 5.10 Å². The summed E-state index contributed by atoms with van der Waals surface area (Å²) in [5.74, 6) is 0.462. The van der Waals surface area contributed by atoms with E-state index < -0.39 is 5.91 Å². The molecule has 2 aromatic heterocycles. The van der Waals surface area contributed by atoms with Crippen molar-refractivity contribution in [1.29, 1.82) is 0 Å². The molecule has 0 aliphatic heterocycles. The Hall–Kier alpha value is -3.55. The van der Waals surface area contributed by atoms with Crippen LogP contribution in [0.25, 0.3) is 11.1 Å². The first kappa shape index (κ1) is 17.3. The minimum Gasteiger partial charge on any atom is -0.384 e. The third-order valence-corrected chi connectivity index (χ3v) is 4.27. The first-order valence-electron chi connectivity index (χ1n) is 7.95. The number of nitrogen functional groups attached to an aromatic ring is 1. The smallest absolute Gasteiger partial charge is 0.274 e. The number of rotatable bonds is 4. The largest absolute Gasteiger partial charge is 0.384 e. The topological polar surface area (TPSA) is 121 Å². The van der Waals surface area contributed by atoms with Crippen LogP contribution >= 0.6 is 0 Å². The van der Waals surface area contributed by atoms with Gasteiger partial charge >= 0.3 is 0 Å². The highest BCUT2D eigenvalue weighted by atomic mass is 16.1. The fourth-order valence-electron chi connectivity index (χ4n) is 2.84. The van der Waals surface area contributed by atoms with E-state index in [2.05, 4.69) is 10.4 Å². The van der Waals surface area contributed by atoms with E-state index in [4.69, 9.17) is 11.5 Å². The van der Waals surface area contributed by atoms with Gasteiger partial charge in [0.05, 0.1) is 0 Å². The Kier molecular flexibility index (Phi) is 4.25. The number of aryl methyl sites for hydroxylation is 2. The molecule has 0 radical (unpaired) electrons. The summed E-state index contributed by atoms with van der Waals surface area (Å²) in [6, 6.07) is 8.69. The molecule has 1 aromatic carbocycles. The number of carbonyl (C=O) groups is 1. The quantitative estimate of drug-likeness (QED) is 0.657. The molecular formula is C18H20N6O2. The summed E-state index contributed by atoms with van der Waals surface area (Å²) in [5.41, 5.74) is 14.2. The summed E-state index contributed by atoms with van der Waals surface area (Å²) >= 11 is 0. The molecule has 8 nitrogen and oxygen atoms in total. The Bertz CT molecular complexity index is 1040. The second kappa shape index (κ2) is 6.40. The lowest BCUT2D eigenvalue weighted by Gasteiger charge is -2.13. The predicted octanol–water partition coefficient (Wildman–Crippen LogP) is 1.52. The number of anilines is 3. The van der Waals surface area contributed by atoms with Crippen molar-refractivity contribution in [2.45, 2.75) is 6.92 Å². The average molecular weight is 352 g/mol. The number of amides is 1. The number of hydrogen-bond donors (Lipinski definition) is 3. The lowest BCUT2D eigenvalue weighted by atomic mass is 9.97. The molecule has 5 N–H and O–H groups in total. The first-order valence-corrected chi connectivity index (χ1v) is 7.95. The van der Waals surface area contributed by atoms with Crippen LogP contribution in [0.15, 0.2) is 41.3 Å². The van der Waals surface area contributed by atoms with Crippen LogP contribution in [0.1, 0.15) is 15.9 Å². The molecule has 0 bridgehead atoms. The Morgan fingerprint density at radius 2 is 1.96 bits per heavy atom. The monoisotopic (exact) mass is 352 g/mol. The van der Waals surface area contributed by atoms with Gasteiger partial charge in [0.1, 0.15) is 11.5 Å². The van der Waals surface area contributed by atoms with E-state index in [1.165, 1.54) is 9.25 Å². The SMILES string of the molecule is Cc1c(C(N)=O)cccc1-c1cc(Nc2cc(N)n(C)n2)c(=O)n(C)c1. The average Bonchev–Trinajstić information content (AvgIpc) is 2.89. The lowest BCUT2D eigenvalue weighted by molar-refractivity contribution is 0.1000. The van der Waals surface area contributed by atoms with Gasteiger partial charge in [0.15, 0.2) is 5.82 Å².